The van der Waals surface area contributed by atoms with E-state index in [0.717, 1.165) is 18.5 Å². The molecule has 0 unspecified atom stereocenters. The molecule has 0 saturated heterocycles. The largest absolute Gasteiger partial charge is 0.286 e. The van der Waals surface area contributed by atoms with Crippen LogP contribution in [0.3, 0.4) is 0 Å². The Balaban J connectivity index is 2.76. The molecule has 0 fully saturated rings. The smallest absolute Gasteiger partial charge is 0.0868 e. The van der Waals surface area contributed by atoms with Gasteiger partial charge in [-0.3, -0.25) is 4.90 Å². The third kappa shape index (κ3) is 4.02. The topological polar surface area (TPSA) is 27.0 Å². The first-order valence-electron chi connectivity index (χ1n) is 5.20. The summed E-state index contributed by atoms with van der Waals surface area (Å²) in [5, 5.41) is 10.1. The zero-order valence-electron chi connectivity index (χ0n) is 9.21. The van der Waals surface area contributed by atoms with E-state index in [-0.39, 0.29) is 0 Å². The van der Waals surface area contributed by atoms with Crippen LogP contribution in [0.1, 0.15) is 18.9 Å². The number of nitriles is 1. The van der Waals surface area contributed by atoms with E-state index in [1.165, 1.54) is 0 Å². The van der Waals surface area contributed by atoms with Crippen LogP contribution in [0, 0.1) is 11.3 Å². The summed E-state index contributed by atoms with van der Waals surface area (Å²) in [6.45, 7) is 4.05. The van der Waals surface area contributed by atoms with Crippen molar-refractivity contribution in [1.82, 2.24) is 4.90 Å². The number of hydrogen-bond donors (Lipinski definition) is 0. The average Bonchev–Trinajstić information content (AvgIpc) is 2.24. The molecule has 0 aromatic heterocycles. The van der Waals surface area contributed by atoms with Crippen molar-refractivity contribution in [2.24, 2.45) is 0 Å². The van der Waals surface area contributed by atoms with Gasteiger partial charge in [-0.05, 0) is 36.7 Å². The highest BCUT2D eigenvalue weighted by Gasteiger charge is 2.07. The van der Waals surface area contributed by atoms with Crippen molar-refractivity contribution in [1.29, 1.82) is 5.26 Å². The van der Waals surface area contributed by atoms with Gasteiger partial charge in [-0.1, -0.05) is 30.1 Å². The van der Waals surface area contributed by atoms with Crippen LogP contribution in [0.25, 0.3) is 0 Å². The van der Waals surface area contributed by atoms with Crippen LogP contribution in [0.4, 0.5) is 0 Å². The second kappa shape index (κ2) is 6.75. The zero-order chi connectivity index (χ0) is 12.0. The predicted molar refractivity (Wildman–Crippen MR) is 67.6 cm³/mol. The zero-order valence-corrected chi connectivity index (χ0v) is 10.7. The van der Waals surface area contributed by atoms with Gasteiger partial charge in [0.05, 0.1) is 12.6 Å². The van der Waals surface area contributed by atoms with E-state index < -0.39 is 0 Å². The molecular weight excluding hydrogens is 243 g/mol. The van der Waals surface area contributed by atoms with E-state index in [4.69, 9.17) is 28.5 Å². The summed E-state index contributed by atoms with van der Waals surface area (Å²) in [7, 11) is 0. The van der Waals surface area contributed by atoms with Crippen molar-refractivity contribution >= 4 is 23.2 Å². The molecule has 4 heteroatoms. The third-order valence-corrected chi connectivity index (χ3v) is 2.84. The van der Waals surface area contributed by atoms with Crippen LogP contribution in [-0.4, -0.2) is 18.0 Å². The third-order valence-electron chi connectivity index (χ3n) is 2.24. The van der Waals surface area contributed by atoms with Crippen molar-refractivity contribution in [3.63, 3.8) is 0 Å². The van der Waals surface area contributed by atoms with Crippen LogP contribution in [-0.2, 0) is 6.54 Å². The number of benzene rings is 1. The van der Waals surface area contributed by atoms with Gasteiger partial charge in [0.25, 0.3) is 0 Å². The highest BCUT2D eigenvalue weighted by molar-refractivity contribution is 6.33. The van der Waals surface area contributed by atoms with Gasteiger partial charge in [0.1, 0.15) is 0 Å². The van der Waals surface area contributed by atoms with Crippen LogP contribution in [0.5, 0.6) is 0 Å². The first kappa shape index (κ1) is 13.3. The molecule has 0 N–H and O–H groups in total. The minimum Gasteiger partial charge on any atom is -0.286 e. The maximum absolute atomic E-state index is 8.71. The fourth-order valence-corrected chi connectivity index (χ4v) is 1.91. The molecule has 0 spiro atoms. The standard InChI is InChI=1S/C12H14Cl2N2/c1-2-6-16(7-5-15)9-10-8-11(13)3-4-12(10)14/h3-4,8H,2,6-7,9H2,1H3. The first-order chi connectivity index (χ1) is 7.67. The van der Waals surface area contributed by atoms with E-state index in [0.29, 0.717) is 23.1 Å². The molecule has 0 aliphatic rings. The Labute approximate surface area is 106 Å². The summed E-state index contributed by atoms with van der Waals surface area (Å²) in [4.78, 5) is 2.05. The summed E-state index contributed by atoms with van der Waals surface area (Å²) < 4.78 is 0. The second-order valence-corrected chi connectivity index (χ2v) is 4.45. The van der Waals surface area contributed by atoms with Gasteiger partial charge < -0.3 is 0 Å². The van der Waals surface area contributed by atoms with Crippen molar-refractivity contribution in [2.75, 3.05) is 13.1 Å². The summed E-state index contributed by atoms with van der Waals surface area (Å²) in [6.07, 6.45) is 1.01. The number of nitrogens with zero attached hydrogens (tertiary/aromatic N) is 2. The van der Waals surface area contributed by atoms with Crippen molar-refractivity contribution in [2.45, 2.75) is 19.9 Å². The molecule has 0 radical (unpaired) electrons. The Hall–Kier alpha value is -0.750. The fraction of sp³-hybridized carbons (Fsp3) is 0.417. The van der Waals surface area contributed by atoms with Crippen molar-refractivity contribution in [3.05, 3.63) is 33.8 Å². The first-order valence-corrected chi connectivity index (χ1v) is 5.96. The molecule has 0 saturated carbocycles. The lowest BCUT2D eigenvalue weighted by molar-refractivity contribution is 0.298. The normalized spacial score (nSPS) is 10.4. The van der Waals surface area contributed by atoms with Crippen LogP contribution in [0.15, 0.2) is 18.2 Å². The Bertz CT molecular complexity index is 385. The molecule has 1 aromatic carbocycles. The minimum absolute atomic E-state index is 0.413. The molecule has 1 rings (SSSR count). The molecule has 86 valence electrons. The number of rotatable bonds is 5. The molecule has 0 amide bonds. The maximum Gasteiger partial charge on any atom is 0.0868 e. The Morgan fingerprint density at radius 2 is 2.12 bits per heavy atom. The molecule has 1 aromatic rings. The van der Waals surface area contributed by atoms with Gasteiger partial charge in [0, 0.05) is 16.6 Å². The van der Waals surface area contributed by atoms with Gasteiger partial charge in [-0.15, -0.1) is 0 Å². The van der Waals surface area contributed by atoms with E-state index in [1.807, 2.05) is 6.07 Å². The minimum atomic E-state index is 0.413. The summed E-state index contributed by atoms with van der Waals surface area (Å²) >= 11 is 12.0. The van der Waals surface area contributed by atoms with E-state index in [1.54, 1.807) is 12.1 Å². The van der Waals surface area contributed by atoms with Crippen LogP contribution >= 0.6 is 23.2 Å². The van der Waals surface area contributed by atoms with Crippen molar-refractivity contribution < 1.29 is 0 Å². The number of halogens is 2. The van der Waals surface area contributed by atoms with E-state index in [2.05, 4.69) is 17.9 Å². The van der Waals surface area contributed by atoms with Gasteiger partial charge in [-0.25, -0.2) is 0 Å². The van der Waals surface area contributed by atoms with Crippen LogP contribution in [0.2, 0.25) is 10.0 Å². The molecule has 0 bridgehead atoms. The van der Waals surface area contributed by atoms with Gasteiger partial charge in [-0.2, -0.15) is 5.26 Å². The maximum atomic E-state index is 8.71. The molecular formula is C12H14Cl2N2. The predicted octanol–water partition coefficient (Wildman–Crippen LogP) is 3.73. The lowest BCUT2D eigenvalue weighted by Crippen LogP contribution is -2.24. The summed E-state index contributed by atoms with van der Waals surface area (Å²) in [6, 6.07) is 7.56. The van der Waals surface area contributed by atoms with E-state index >= 15 is 0 Å². The van der Waals surface area contributed by atoms with Crippen LogP contribution < -0.4 is 0 Å². The molecule has 0 aliphatic carbocycles. The van der Waals surface area contributed by atoms with Gasteiger partial charge >= 0.3 is 0 Å². The molecule has 0 atom stereocenters. The number of hydrogen-bond acceptors (Lipinski definition) is 2. The second-order valence-electron chi connectivity index (χ2n) is 3.60. The Morgan fingerprint density at radius 1 is 1.38 bits per heavy atom. The molecule has 16 heavy (non-hydrogen) atoms. The monoisotopic (exact) mass is 256 g/mol. The highest BCUT2D eigenvalue weighted by atomic mass is 35.5. The Morgan fingerprint density at radius 3 is 2.75 bits per heavy atom. The lowest BCUT2D eigenvalue weighted by atomic mass is 10.2. The summed E-state index contributed by atoms with van der Waals surface area (Å²) in [5.41, 5.74) is 0.970. The van der Waals surface area contributed by atoms with Crippen molar-refractivity contribution in [3.8, 4) is 6.07 Å². The highest BCUT2D eigenvalue weighted by Crippen LogP contribution is 2.22. The molecule has 0 heterocycles. The SMILES string of the molecule is CCCN(CC#N)Cc1cc(Cl)ccc1Cl. The van der Waals surface area contributed by atoms with Gasteiger partial charge in [0.2, 0.25) is 0 Å². The Kier molecular flexibility index (Phi) is 5.62. The van der Waals surface area contributed by atoms with Gasteiger partial charge in [0.15, 0.2) is 0 Å². The molecule has 2 nitrogen and oxygen atoms in total. The average molecular weight is 257 g/mol. The molecule has 0 aliphatic heterocycles. The quantitative estimate of drug-likeness (QED) is 0.751. The lowest BCUT2D eigenvalue weighted by Gasteiger charge is -2.18. The van der Waals surface area contributed by atoms with E-state index in [9.17, 15) is 0 Å². The summed E-state index contributed by atoms with van der Waals surface area (Å²) in [5.74, 6) is 0. The fourth-order valence-electron chi connectivity index (χ4n) is 1.54.